The summed E-state index contributed by atoms with van der Waals surface area (Å²) in [6, 6.07) is 29.1. The summed E-state index contributed by atoms with van der Waals surface area (Å²) < 4.78 is 6.16. The maximum atomic E-state index is 12.9. The van der Waals surface area contributed by atoms with Crippen LogP contribution in [0.3, 0.4) is 0 Å². The lowest BCUT2D eigenvalue weighted by molar-refractivity contribution is -0.132. The highest BCUT2D eigenvalue weighted by Crippen LogP contribution is 2.32. The molecule has 6 heteroatoms. The third-order valence-corrected chi connectivity index (χ3v) is 6.25. The van der Waals surface area contributed by atoms with Crippen LogP contribution in [0.25, 0.3) is 22.6 Å². The number of oxazole rings is 1. The van der Waals surface area contributed by atoms with Crippen molar-refractivity contribution in [3.63, 3.8) is 0 Å². The predicted molar refractivity (Wildman–Crippen MR) is 135 cm³/mol. The quantitative estimate of drug-likeness (QED) is 0.405. The van der Waals surface area contributed by atoms with E-state index in [0.29, 0.717) is 56.2 Å². The number of aryl methyl sites for hydroxylation is 1. The molecule has 176 valence electrons. The van der Waals surface area contributed by atoms with Crippen molar-refractivity contribution in [1.82, 2.24) is 14.8 Å². The molecule has 0 saturated carbocycles. The molecule has 0 bridgehead atoms. The van der Waals surface area contributed by atoms with E-state index < -0.39 is 0 Å². The van der Waals surface area contributed by atoms with Crippen LogP contribution in [-0.2, 0) is 11.2 Å². The number of aromatic nitrogens is 1. The molecule has 0 spiro atoms. The number of carbonyl (C=O) groups excluding carboxylic acids is 2. The summed E-state index contributed by atoms with van der Waals surface area (Å²) in [6.07, 6.45) is 0.740. The minimum Gasteiger partial charge on any atom is -0.440 e. The number of carbonyl (C=O) groups is 2. The lowest BCUT2D eigenvalue weighted by Crippen LogP contribution is -2.50. The van der Waals surface area contributed by atoms with Crippen LogP contribution in [0, 0.1) is 0 Å². The Balaban J connectivity index is 1.23. The van der Waals surface area contributed by atoms with Crippen LogP contribution in [0.15, 0.2) is 95.4 Å². The number of hydrogen-bond acceptors (Lipinski definition) is 4. The first-order chi connectivity index (χ1) is 17.2. The highest BCUT2D eigenvalue weighted by atomic mass is 16.4. The molecule has 1 aromatic heterocycles. The Kier molecular flexibility index (Phi) is 6.70. The van der Waals surface area contributed by atoms with Gasteiger partial charge in [-0.05, 0) is 12.1 Å². The molecule has 1 aliphatic rings. The molecular weight excluding hydrogens is 438 g/mol. The molecule has 0 aliphatic carbocycles. The van der Waals surface area contributed by atoms with Gasteiger partial charge in [-0.3, -0.25) is 9.59 Å². The van der Waals surface area contributed by atoms with Crippen molar-refractivity contribution in [3.8, 4) is 22.6 Å². The van der Waals surface area contributed by atoms with Gasteiger partial charge in [0.25, 0.3) is 5.91 Å². The van der Waals surface area contributed by atoms with Gasteiger partial charge >= 0.3 is 0 Å². The van der Waals surface area contributed by atoms with E-state index in [1.165, 1.54) is 0 Å². The van der Waals surface area contributed by atoms with Gasteiger partial charge in [0, 0.05) is 55.7 Å². The number of amides is 2. The number of nitrogens with zero attached hydrogens (tertiary/aromatic N) is 3. The van der Waals surface area contributed by atoms with Gasteiger partial charge in [-0.25, -0.2) is 4.98 Å². The van der Waals surface area contributed by atoms with Crippen LogP contribution < -0.4 is 0 Å². The second kappa shape index (κ2) is 10.4. The van der Waals surface area contributed by atoms with E-state index in [-0.39, 0.29) is 11.8 Å². The van der Waals surface area contributed by atoms with E-state index in [1.807, 2.05) is 101 Å². The number of piperazine rings is 1. The molecular formula is C29H27N3O3. The molecule has 2 amide bonds. The minimum atomic E-state index is 0.0133. The smallest absolute Gasteiger partial charge is 0.253 e. The molecule has 0 unspecified atom stereocenters. The van der Waals surface area contributed by atoms with Crippen molar-refractivity contribution in [1.29, 1.82) is 0 Å². The molecule has 0 N–H and O–H groups in total. The topological polar surface area (TPSA) is 66.7 Å². The van der Waals surface area contributed by atoms with E-state index in [4.69, 9.17) is 9.40 Å². The molecule has 35 heavy (non-hydrogen) atoms. The second-order valence-corrected chi connectivity index (χ2v) is 8.56. The maximum Gasteiger partial charge on any atom is 0.253 e. The maximum absolute atomic E-state index is 12.9. The van der Waals surface area contributed by atoms with E-state index in [9.17, 15) is 9.59 Å². The summed E-state index contributed by atoms with van der Waals surface area (Å²) in [5.41, 5.74) is 3.40. The van der Waals surface area contributed by atoms with E-state index >= 15 is 0 Å². The Morgan fingerprint density at radius 3 is 1.89 bits per heavy atom. The molecule has 4 aromatic rings. The zero-order valence-corrected chi connectivity index (χ0v) is 19.5. The lowest BCUT2D eigenvalue weighted by Gasteiger charge is -2.34. The monoisotopic (exact) mass is 465 g/mol. The van der Waals surface area contributed by atoms with Crippen LogP contribution in [0.4, 0.5) is 0 Å². The zero-order chi connectivity index (χ0) is 24.0. The van der Waals surface area contributed by atoms with E-state index in [2.05, 4.69) is 0 Å². The third-order valence-electron chi connectivity index (χ3n) is 6.25. The van der Waals surface area contributed by atoms with Crippen LogP contribution in [0.2, 0.25) is 0 Å². The van der Waals surface area contributed by atoms with Crippen LogP contribution in [0.1, 0.15) is 22.7 Å². The summed E-state index contributed by atoms with van der Waals surface area (Å²) in [5.74, 6) is 1.33. The van der Waals surface area contributed by atoms with Crippen LogP contribution in [0.5, 0.6) is 0 Å². The molecule has 5 rings (SSSR count). The summed E-state index contributed by atoms with van der Waals surface area (Å²) in [4.78, 5) is 34.0. The van der Waals surface area contributed by atoms with Crippen molar-refractivity contribution in [2.24, 2.45) is 0 Å². The first-order valence-corrected chi connectivity index (χ1v) is 11.9. The zero-order valence-electron chi connectivity index (χ0n) is 19.5. The van der Waals surface area contributed by atoms with Crippen molar-refractivity contribution >= 4 is 11.8 Å². The molecule has 0 radical (unpaired) electrons. The fourth-order valence-electron chi connectivity index (χ4n) is 4.34. The average molecular weight is 466 g/mol. The molecule has 0 atom stereocenters. The summed E-state index contributed by atoms with van der Waals surface area (Å²) >= 11 is 0. The van der Waals surface area contributed by atoms with Gasteiger partial charge in [0.1, 0.15) is 5.69 Å². The lowest BCUT2D eigenvalue weighted by atomic mass is 10.1. The molecule has 1 fully saturated rings. The summed E-state index contributed by atoms with van der Waals surface area (Å²) in [7, 11) is 0. The Bertz CT molecular complexity index is 1220. The van der Waals surface area contributed by atoms with Gasteiger partial charge < -0.3 is 14.2 Å². The first-order valence-electron chi connectivity index (χ1n) is 11.9. The molecule has 3 aromatic carbocycles. The highest BCUT2D eigenvalue weighted by molar-refractivity contribution is 5.94. The molecule has 1 saturated heterocycles. The molecule has 6 nitrogen and oxygen atoms in total. The Hall–Kier alpha value is -4.19. The van der Waals surface area contributed by atoms with Gasteiger partial charge in [0.05, 0.1) is 0 Å². The Morgan fingerprint density at radius 2 is 1.26 bits per heavy atom. The third kappa shape index (κ3) is 5.17. The number of hydrogen-bond donors (Lipinski definition) is 0. The fourth-order valence-corrected chi connectivity index (χ4v) is 4.34. The van der Waals surface area contributed by atoms with Crippen molar-refractivity contribution in [3.05, 3.63) is 102 Å². The van der Waals surface area contributed by atoms with Crippen LogP contribution >= 0.6 is 0 Å². The van der Waals surface area contributed by atoms with Crippen LogP contribution in [-0.4, -0.2) is 52.8 Å². The molecule has 1 aliphatic heterocycles. The first kappa shape index (κ1) is 22.6. The largest absolute Gasteiger partial charge is 0.440 e. The Morgan fingerprint density at radius 1 is 0.714 bits per heavy atom. The summed E-state index contributed by atoms with van der Waals surface area (Å²) in [5, 5.41) is 0. The van der Waals surface area contributed by atoms with Gasteiger partial charge in [-0.2, -0.15) is 0 Å². The average Bonchev–Trinajstić information content (AvgIpc) is 3.37. The van der Waals surface area contributed by atoms with Crippen molar-refractivity contribution in [2.45, 2.75) is 12.8 Å². The highest BCUT2D eigenvalue weighted by Gasteiger charge is 2.25. The van der Waals surface area contributed by atoms with Crippen molar-refractivity contribution in [2.75, 3.05) is 26.2 Å². The predicted octanol–water partition coefficient (Wildman–Crippen LogP) is 4.93. The van der Waals surface area contributed by atoms with Gasteiger partial charge in [-0.15, -0.1) is 0 Å². The van der Waals surface area contributed by atoms with E-state index in [1.54, 1.807) is 0 Å². The standard InChI is InChI=1S/C29H27N3O3/c33-26(31-18-20-32(21-19-31)29(34)24-14-8-3-9-15-24)17-16-25-30-27(22-10-4-1-5-11-22)28(35-25)23-12-6-2-7-13-23/h1-15H,16-21H2. The molecule has 2 heterocycles. The van der Waals surface area contributed by atoms with Gasteiger partial charge in [0.2, 0.25) is 5.91 Å². The second-order valence-electron chi connectivity index (χ2n) is 8.56. The van der Waals surface area contributed by atoms with E-state index in [0.717, 1.165) is 16.8 Å². The number of benzene rings is 3. The van der Waals surface area contributed by atoms with Crippen molar-refractivity contribution < 1.29 is 14.0 Å². The normalized spacial score (nSPS) is 13.6. The SMILES string of the molecule is O=C(CCc1nc(-c2ccccc2)c(-c2ccccc2)o1)N1CCN(C(=O)c2ccccc2)CC1. The fraction of sp³-hybridized carbons (Fsp3) is 0.207. The Labute approximate surface area is 204 Å². The van der Waals surface area contributed by atoms with Gasteiger partial charge in [-0.1, -0.05) is 78.9 Å². The van der Waals surface area contributed by atoms with Gasteiger partial charge in [0.15, 0.2) is 11.7 Å². The minimum absolute atomic E-state index is 0.0133. The summed E-state index contributed by atoms with van der Waals surface area (Å²) in [6.45, 7) is 2.14. The number of rotatable bonds is 6.